The second kappa shape index (κ2) is 8.16. The zero-order valence-corrected chi connectivity index (χ0v) is 14.4. The summed E-state index contributed by atoms with van der Waals surface area (Å²) < 4.78 is 0. The molecule has 3 rings (SSSR count). The van der Waals surface area contributed by atoms with Crippen molar-refractivity contribution < 1.29 is 0 Å². The summed E-state index contributed by atoms with van der Waals surface area (Å²) in [6, 6.07) is 27.7. The molecule has 0 N–H and O–H groups in total. The first-order chi connectivity index (χ1) is 12.3. The van der Waals surface area contributed by atoms with E-state index in [-0.39, 0.29) is 0 Å². The van der Waals surface area contributed by atoms with Gasteiger partial charge in [-0.3, -0.25) is 0 Å². The van der Waals surface area contributed by atoms with E-state index in [0.29, 0.717) is 0 Å². The minimum Gasteiger partial charge on any atom is -0.363 e. The second-order valence-corrected chi connectivity index (χ2v) is 6.08. The number of benzene rings is 3. The normalized spacial score (nSPS) is 10.2. The molecule has 0 unspecified atom stereocenters. The van der Waals surface area contributed by atoms with Crippen molar-refractivity contribution in [3.05, 3.63) is 114 Å². The van der Waals surface area contributed by atoms with E-state index in [0.717, 1.165) is 24.2 Å². The third kappa shape index (κ3) is 4.48. The van der Waals surface area contributed by atoms with Crippen LogP contribution < -0.4 is 4.90 Å². The average Bonchev–Trinajstić information content (AvgIpc) is 2.69. The summed E-state index contributed by atoms with van der Waals surface area (Å²) in [7, 11) is 0. The van der Waals surface area contributed by atoms with E-state index in [9.17, 15) is 0 Å². The smallest absolute Gasteiger partial charge is 0.0433 e. The van der Waals surface area contributed by atoms with E-state index in [2.05, 4.69) is 96.9 Å². The third-order valence-electron chi connectivity index (χ3n) is 4.30. The fourth-order valence-electron chi connectivity index (χ4n) is 2.84. The van der Waals surface area contributed by atoms with Gasteiger partial charge in [0.2, 0.25) is 0 Å². The van der Waals surface area contributed by atoms with E-state index in [4.69, 9.17) is 0 Å². The van der Waals surface area contributed by atoms with Crippen LogP contribution in [0.1, 0.15) is 22.3 Å². The molecule has 0 aliphatic heterocycles. The van der Waals surface area contributed by atoms with Crippen molar-refractivity contribution >= 4 is 17.8 Å². The molecule has 0 saturated carbocycles. The zero-order chi connectivity index (χ0) is 17.5. The van der Waals surface area contributed by atoms with Gasteiger partial charge in [-0.1, -0.05) is 92.0 Å². The van der Waals surface area contributed by atoms with Crippen LogP contribution in [0, 0.1) is 0 Å². The topological polar surface area (TPSA) is 3.24 Å². The minimum atomic E-state index is 0.866. The summed E-state index contributed by atoms with van der Waals surface area (Å²) in [5.41, 5.74) is 6.10. The highest BCUT2D eigenvalue weighted by molar-refractivity contribution is 5.51. The predicted octanol–water partition coefficient (Wildman–Crippen LogP) is 6.18. The summed E-state index contributed by atoms with van der Waals surface area (Å²) >= 11 is 0. The Morgan fingerprint density at radius 3 is 1.44 bits per heavy atom. The summed E-state index contributed by atoms with van der Waals surface area (Å²) in [6.45, 7) is 9.37. The molecule has 3 aromatic carbocycles. The van der Waals surface area contributed by atoms with Crippen LogP contribution in [-0.2, 0) is 13.1 Å². The van der Waals surface area contributed by atoms with E-state index in [1.165, 1.54) is 16.8 Å². The first-order valence-corrected chi connectivity index (χ1v) is 8.51. The van der Waals surface area contributed by atoms with Gasteiger partial charge in [-0.05, 0) is 34.4 Å². The monoisotopic (exact) mass is 325 g/mol. The molecule has 3 aromatic rings. The lowest BCUT2D eigenvalue weighted by atomic mass is 10.1. The van der Waals surface area contributed by atoms with Crippen molar-refractivity contribution in [2.75, 3.05) is 4.90 Å². The van der Waals surface area contributed by atoms with Crippen molar-refractivity contribution in [3.63, 3.8) is 0 Å². The van der Waals surface area contributed by atoms with Crippen LogP contribution in [-0.4, -0.2) is 0 Å². The largest absolute Gasteiger partial charge is 0.363 e. The van der Waals surface area contributed by atoms with Gasteiger partial charge in [-0.15, -0.1) is 0 Å². The van der Waals surface area contributed by atoms with Crippen LogP contribution in [0.5, 0.6) is 0 Å². The number of para-hydroxylation sites is 1. The highest BCUT2D eigenvalue weighted by atomic mass is 15.1. The van der Waals surface area contributed by atoms with Gasteiger partial charge in [-0.25, -0.2) is 0 Å². The van der Waals surface area contributed by atoms with Crippen LogP contribution in [0.3, 0.4) is 0 Å². The molecule has 0 aliphatic rings. The fourth-order valence-corrected chi connectivity index (χ4v) is 2.84. The van der Waals surface area contributed by atoms with E-state index >= 15 is 0 Å². The van der Waals surface area contributed by atoms with E-state index < -0.39 is 0 Å². The second-order valence-electron chi connectivity index (χ2n) is 6.08. The molecule has 0 amide bonds. The molecule has 0 atom stereocenters. The van der Waals surface area contributed by atoms with E-state index in [1.807, 2.05) is 12.2 Å². The number of nitrogens with zero attached hydrogens (tertiary/aromatic N) is 1. The molecule has 0 saturated heterocycles. The maximum Gasteiger partial charge on any atom is 0.0433 e. The Hall–Kier alpha value is -3.06. The van der Waals surface area contributed by atoms with Crippen LogP contribution >= 0.6 is 0 Å². The SMILES string of the molecule is C=Cc1ccc(CN(Cc2ccc(C=C)cc2)c2ccccc2)cc1. The minimum absolute atomic E-state index is 0.866. The summed E-state index contributed by atoms with van der Waals surface area (Å²) in [5, 5.41) is 0. The quantitative estimate of drug-likeness (QED) is 0.501. The lowest BCUT2D eigenvalue weighted by Crippen LogP contribution is -2.22. The maximum atomic E-state index is 3.82. The van der Waals surface area contributed by atoms with Crippen molar-refractivity contribution in [2.24, 2.45) is 0 Å². The molecule has 0 fully saturated rings. The lowest BCUT2D eigenvalue weighted by Gasteiger charge is -2.25. The maximum absolute atomic E-state index is 3.82. The van der Waals surface area contributed by atoms with Gasteiger partial charge in [0.05, 0.1) is 0 Å². The number of hydrogen-bond acceptors (Lipinski definition) is 1. The van der Waals surface area contributed by atoms with Gasteiger partial charge in [-0.2, -0.15) is 0 Å². The van der Waals surface area contributed by atoms with Crippen molar-refractivity contribution in [1.29, 1.82) is 0 Å². The van der Waals surface area contributed by atoms with Gasteiger partial charge in [0.25, 0.3) is 0 Å². The van der Waals surface area contributed by atoms with Crippen LogP contribution in [0.2, 0.25) is 0 Å². The van der Waals surface area contributed by atoms with Crippen LogP contribution in [0.25, 0.3) is 12.2 Å². The standard InChI is InChI=1S/C24H23N/c1-3-20-10-14-22(15-11-20)18-25(24-8-6-5-7-9-24)19-23-16-12-21(4-2)13-17-23/h3-17H,1-2,18-19H2. The highest BCUT2D eigenvalue weighted by Crippen LogP contribution is 2.20. The Morgan fingerprint density at radius 2 is 1.04 bits per heavy atom. The predicted molar refractivity (Wildman–Crippen MR) is 109 cm³/mol. The van der Waals surface area contributed by atoms with Crippen molar-refractivity contribution in [2.45, 2.75) is 13.1 Å². The molecular formula is C24H23N. The molecule has 0 bridgehead atoms. The Labute approximate surface area is 150 Å². The molecule has 1 heteroatoms. The molecule has 0 aromatic heterocycles. The summed E-state index contributed by atoms with van der Waals surface area (Å²) in [5.74, 6) is 0. The molecule has 1 nitrogen and oxygen atoms in total. The van der Waals surface area contributed by atoms with Gasteiger partial charge in [0.15, 0.2) is 0 Å². The Kier molecular flexibility index (Phi) is 5.48. The number of anilines is 1. The Bertz CT molecular complexity index is 761. The first-order valence-electron chi connectivity index (χ1n) is 8.51. The lowest BCUT2D eigenvalue weighted by molar-refractivity contribution is 0.800. The molecule has 0 heterocycles. The fraction of sp³-hybridized carbons (Fsp3) is 0.0833. The van der Waals surface area contributed by atoms with Gasteiger partial charge in [0.1, 0.15) is 0 Å². The highest BCUT2D eigenvalue weighted by Gasteiger charge is 2.08. The van der Waals surface area contributed by atoms with Crippen molar-refractivity contribution in [1.82, 2.24) is 0 Å². The zero-order valence-electron chi connectivity index (χ0n) is 14.4. The van der Waals surface area contributed by atoms with Crippen LogP contribution in [0.15, 0.2) is 92.0 Å². The molecule has 25 heavy (non-hydrogen) atoms. The summed E-state index contributed by atoms with van der Waals surface area (Å²) in [6.07, 6.45) is 3.75. The molecule has 124 valence electrons. The molecule has 0 radical (unpaired) electrons. The third-order valence-corrected chi connectivity index (χ3v) is 4.30. The average molecular weight is 325 g/mol. The molecule has 0 spiro atoms. The molecular weight excluding hydrogens is 302 g/mol. The van der Waals surface area contributed by atoms with Gasteiger partial charge in [0, 0.05) is 18.8 Å². The Balaban J connectivity index is 1.83. The Morgan fingerprint density at radius 1 is 0.600 bits per heavy atom. The number of hydrogen-bond donors (Lipinski definition) is 0. The van der Waals surface area contributed by atoms with Crippen molar-refractivity contribution in [3.8, 4) is 0 Å². The van der Waals surface area contributed by atoms with Gasteiger partial charge < -0.3 is 4.90 Å². The van der Waals surface area contributed by atoms with Crippen LogP contribution in [0.4, 0.5) is 5.69 Å². The molecule has 0 aliphatic carbocycles. The van der Waals surface area contributed by atoms with E-state index in [1.54, 1.807) is 0 Å². The van der Waals surface area contributed by atoms with Gasteiger partial charge >= 0.3 is 0 Å². The summed E-state index contributed by atoms with van der Waals surface area (Å²) in [4.78, 5) is 2.39. The number of rotatable bonds is 7. The first kappa shape index (κ1) is 16.8.